The highest BCUT2D eigenvalue weighted by molar-refractivity contribution is 5.93. The number of carbonyl (C=O) groups is 1. The van der Waals surface area contributed by atoms with E-state index in [2.05, 4.69) is 40.8 Å². The minimum absolute atomic E-state index is 0.199. The third kappa shape index (κ3) is 3.80. The molecule has 0 aliphatic rings. The minimum Gasteiger partial charge on any atom is -0.350 e. The molecule has 0 radical (unpaired) electrons. The molecule has 2 rings (SSSR count). The van der Waals surface area contributed by atoms with Crippen molar-refractivity contribution in [1.82, 2.24) is 10.3 Å². The Labute approximate surface area is 118 Å². The number of nitrogens with one attached hydrogen (secondary N) is 2. The Morgan fingerprint density at radius 2 is 2.15 bits per heavy atom. The summed E-state index contributed by atoms with van der Waals surface area (Å²) in [5.74, 6) is 5.10. The second-order valence-electron chi connectivity index (χ2n) is 4.57. The zero-order chi connectivity index (χ0) is 14.4. The fourth-order valence-electron chi connectivity index (χ4n) is 1.92. The molecule has 0 spiro atoms. The van der Waals surface area contributed by atoms with E-state index in [1.807, 2.05) is 6.07 Å². The first-order valence-electron chi connectivity index (χ1n) is 6.45. The number of hydrazine groups is 1. The van der Waals surface area contributed by atoms with Gasteiger partial charge >= 0.3 is 0 Å². The van der Waals surface area contributed by atoms with Gasteiger partial charge in [0.25, 0.3) is 5.91 Å². The molecule has 0 saturated heterocycles. The minimum atomic E-state index is -0.199. The molecule has 0 bridgehead atoms. The van der Waals surface area contributed by atoms with Gasteiger partial charge in [-0.3, -0.25) is 15.6 Å². The molecule has 1 aromatic heterocycles. The molecule has 5 heteroatoms. The SMILES string of the molecule is Cc1cccc(CCNC(=O)c2cc(NN)ccn2)c1. The van der Waals surface area contributed by atoms with Crippen LogP contribution in [0.15, 0.2) is 42.6 Å². The van der Waals surface area contributed by atoms with Crippen LogP contribution in [0.2, 0.25) is 0 Å². The highest BCUT2D eigenvalue weighted by Gasteiger charge is 2.07. The summed E-state index contributed by atoms with van der Waals surface area (Å²) in [6, 6.07) is 11.5. The Morgan fingerprint density at radius 1 is 1.30 bits per heavy atom. The maximum absolute atomic E-state index is 11.9. The fraction of sp³-hybridized carbons (Fsp3) is 0.200. The number of amides is 1. The van der Waals surface area contributed by atoms with E-state index in [1.165, 1.54) is 11.1 Å². The molecular weight excluding hydrogens is 252 g/mol. The number of nitrogens with two attached hydrogens (primary N) is 1. The average molecular weight is 270 g/mol. The zero-order valence-electron chi connectivity index (χ0n) is 11.4. The van der Waals surface area contributed by atoms with Crippen molar-refractivity contribution in [3.05, 3.63) is 59.4 Å². The number of hydrogen-bond acceptors (Lipinski definition) is 4. The van der Waals surface area contributed by atoms with Crippen LogP contribution in [-0.4, -0.2) is 17.4 Å². The first kappa shape index (κ1) is 14.0. The van der Waals surface area contributed by atoms with E-state index < -0.39 is 0 Å². The van der Waals surface area contributed by atoms with Crippen LogP contribution in [0.1, 0.15) is 21.6 Å². The highest BCUT2D eigenvalue weighted by atomic mass is 16.1. The largest absolute Gasteiger partial charge is 0.350 e. The molecule has 1 amide bonds. The van der Waals surface area contributed by atoms with Crippen LogP contribution in [0.3, 0.4) is 0 Å². The van der Waals surface area contributed by atoms with Gasteiger partial charge in [-0.05, 0) is 31.0 Å². The fourth-order valence-corrected chi connectivity index (χ4v) is 1.92. The molecule has 0 atom stereocenters. The van der Waals surface area contributed by atoms with E-state index in [-0.39, 0.29) is 5.91 Å². The number of nitrogens with zero attached hydrogens (tertiary/aromatic N) is 1. The van der Waals surface area contributed by atoms with Crippen molar-refractivity contribution < 1.29 is 4.79 Å². The summed E-state index contributed by atoms with van der Waals surface area (Å²) in [6.45, 7) is 2.63. The maximum Gasteiger partial charge on any atom is 0.269 e. The summed E-state index contributed by atoms with van der Waals surface area (Å²) in [6.07, 6.45) is 2.34. The van der Waals surface area contributed by atoms with Gasteiger partial charge in [0.1, 0.15) is 5.69 Å². The van der Waals surface area contributed by atoms with Crippen molar-refractivity contribution in [2.45, 2.75) is 13.3 Å². The lowest BCUT2D eigenvalue weighted by Gasteiger charge is -2.06. The summed E-state index contributed by atoms with van der Waals surface area (Å²) in [5.41, 5.74) is 5.92. The molecule has 0 aliphatic carbocycles. The average Bonchev–Trinajstić information content (AvgIpc) is 2.47. The van der Waals surface area contributed by atoms with E-state index in [4.69, 9.17) is 5.84 Å². The summed E-state index contributed by atoms with van der Waals surface area (Å²) in [4.78, 5) is 15.9. The van der Waals surface area contributed by atoms with Crippen molar-refractivity contribution >= 4 is 11.6 Å². The van der Waals surface area contributed by atoms with Gasteiger partial charge in [0, 0.05) is 12.7 Å². The van der Waals surface area contributed by atoms with Crippen LogP contribution in [-0.2, 0) is 6.42 Å². The molecule has 2 aromatic rings. The Morgan fingerprint density at radius 3 is 2.90 bits per heavy atom. The molecule has 20 heavy (non-hydrogen) atoms. The predicted octanol–water partition coefficient (Wildman–Crippen LogP) is 1.65. The van der Waals surface area contributed by atoms with E-state index in [1.54, 1.807) is 18.3 Å². The summed E-state index contributed by atoms with van der Waals surface area (Å²) < 4.78 is 0. The first-order valence-corrected chi connectivity index (χ1v) is 6.45. The van der Waals surface area contributed by atoms with Gasteiger partial charge in [0.05, 0.1) is 5.69 Å². The molecule has 1 heterocycles. The summed E-state index contributed by atoms with van der Waals surface area (Å²) in [5, 5.41) is 2.85. The van der Waals surface area contributed by atoms with E-state index in [0.717, 1.165) is 6.42 Å². The maximum atomic E-state index is 11.9. The second kappa shape index (κ2) is 6.68. The lowest BCUT2D eigenvalue weighted by Crippen LogP contribution is -2.26. The van der Waals surface area contributed by atoms with Gasteiger partial charge in [-0.25, -0.2) is 0 Å². The number of aromatic nitrogens is 1. The van der Waals surface area contributed by atoms with E-state index in [0.29, 0.717) is 17.9 Å². The van der Waals surface area contributed by atoms with Crippen LogP contribution >= 0.6 is 0 Å². The molecular formula is C15H18N4O. The van der Waals surface area contributed by atoms with Crippen LogP contribution in [0.25, 0.3) is 0 Å². The van der Waals surface area contributed by atoms with Gasteiger partial charge < -0.3 is 10.7 Å². The van der Waals surface area contributed by atoms with Gasteiger partial charge in [0.15, 0.2) is 0 Å². The first-order chi connectivity index (χ1) is 9.69. The molecule has 5 nitrogen and oxygen atoms in total. The Kier molecular flexibility index (Phi) is 4.68. The number of hydrogen-bond donors (Lipinski definition) is 3. The van der Waals surface area contributed by atoms with Crippen molar-refractivity contribution in [2.24, 2.45) is 5.84 Å². The van der Waals surface area contributed by atoms with E-state index in [9.17, 15) is 4.79 Å². The molecule has 0 aliphatic heterocycles. The van der Waals surface area contributed by atoms with Crippen LogP contribution < -0.4 is 16.6 Å². The normalized spacial score (nSPS) is 10.1. The smallest absolute Gasteiger partial charge is 0.269 e. The topological polar surface area (TPSA) is 80.0 Å². The van der Waals surface area contributed by atoms with Gasteiger partial charge in [-0.15, -0.1) is 0 Å². The quantitative estimate of drug-likeness (QED) is 0.570. The van der Waals surface area contributed by atoms with Crippen LogP contribution in [0.4, 0.5) is 5.69 Å². The molecule has 1 aromatic carbocycles. The summed E-state index contributed by atoms with van der Waals surface area (Å²) in [7, 11) is 0. The molecule has 0 saturated carbocycles. The lowest BCUT2D eigenvalue weighted by molar-refractivity contribution is 0.0949. The number of pyridine rings is 1. The van der Waals surface area contributed by atoms with Crippen LogP contribution in [0.5, 0.6) is 0 Å². The second-order valence-corrected chi connectivity index (χ2v) is 4.57. The van der Waals surface area contributed by atoms with Crippen molar-refractivity contribution in [1.29, 1.82) is 0 Å². The van der Waals surface area contributed by atoms with Crippen molar-refractivity contribution in [2.75, 3.05) is 12.0 Å². The molecule has 4 N–H and O–H groups in total. The van der Waals surface area contributed by atoms with E-state index >= 15 is 0 Å². The number of nitrogen functional groups attached to an aromatic ring is 1. The molecule has 104 valence electrons. The lowest BCUT2D eigenvalue weighted by atomic mass is 10.1. The highest BCUT2D eigenvalue weighted by Crippen LogP contribution is 2.06. The number of aryl methyl sites for hydroxylation is 1. The Hall–Kier alpha value is -2.40. The summed E-state index contributed by atoms with van der Waals surface area (Å²) >= 11 is 0. The van der Waals surface area contributed by atoms with Gasteiger partial charge in [0.2, 0.25) is 0 Å². The third-order valence-electron chi connectivity index (χ3n) is 2.94. The van der Waals surface area contributed by atoms with Gasteiger partial charge in [-0.2, -0.15) is 0 Å². The number of carbonyl (C=O) groups excluding carboxylic acids is 1. The predicted molar refractivity (Wildman–Crippen MR) is 79.3 cm³/mol. The van der Waals surface area contributed by atoms with Crippen molar-refractivity contribution in [3.8, 4) is 0 Å². The Balaban J connectivity index is 1.89. The zero-order valence-corrected chi connectivity index (χ0v) is 11.4. The number of rotatable bonds is 5. The van der Waals surface area contributed by atoms with Gasteiger partial charge in [-0.1, -0.05) is 29.8 Å². The molecule has 0 fully saturated rings. The standard InChI is InChI=1S/C15H18N4O/c1-11-3-2-4-12(9-11)5-7-18-15(20)14-10-13(19-16)6-8-17-14/h2-4,6,8-10H,5,7,16H2,1H3,(H,17,19)(H,18,20). The third-order valence-corrected chi connectivity index (χ3v) is 2.94. The Bertz CT molecular complexity index is 598. The number of anilines is 1. The monoisotopic (exact) mass is 270 g/mol. The van der Waals surface area contributed by atoms with Crippen molar-refractivity contribution in [3.63, 3.8) is 0 Å². The number of benzene rings is 1. The van der Waals surface area contributed by atoms with Crippen LogP contribution in [0, 0.1) is 6.92 Å². The molecule has 0 unspecified atom stereocenters.